The van der Waals surface area contributed by atoms with Crippen molar-refractivity contribution in [2.45, 2.75) is 43.5 Å². The van der Waals surface area contributed by atoms with Gasteiger partial charge in [0, 0.05) is 13.1 Å². The van der Waals surface area contributed by atoms with Gasteiger partial charge in [0.1, 0.15) is 5.75 Å². The molecule has 1 N–H and O–H groups in total. The molecule has 164 valence electrons. The monoisotopic (exact) mass is 531 g/mol. The summed E-state index contributed by atoms with van der Waals surface area (Å²) < 4.78 is 36.1. The minimum Gasteiger partial charge on any atom is -0.478 e. The number of unbranched alkanes of at least 4 members (excludes halogenated alkanes) is 2. The fourth-order valence-corrected chi connectivity index (χ4v) is 3.83. The maximum Gasteiger partial charge on any atom is 0.335 e. The van der Waals surface area contributed by atoms with Crippen LogP contribution in [0, 0.1) is 0 Å². The standard InChI is InChI=1S/C23H28F2INO3/c1-4-6-13-27(14-7-5-2)20-16-17(22(28)29)15-19(23(24,25)26-3)21(20)30-18-11-9-8-10-12-18/h8-12,15-16H,3-7,13-14H2,1-2H3,(H,28,29). The summed E-state index contributed by atoms with van der Waals surface area (Å²) in [6.45, 7) is 5.38. The van der Waals surface area contributed by atoms with Crippen molar-refractivity contribution in [2.75, 3.05) is 18.0 Å². The fourth-order valence-electron chi connectivity index (χ4n) is 3.02. The summed E-state index contributed by atoms with van der Waals surface area (Å²) in [6.07, 6.45) is 3.59. The van der Waals surface area contributed by atoms with E-state index in [-0.39, 0.29) is 11.3 Å². The number of carboxylic acids is 1. The lowest BCUT2D eigenvalue weighted by Gasteiger charge is -2.29. The van der Waals surface area contributed by atoms with Crippen LogP contribution in [-0.4, -0.2) is 28.7 Å². The SMILES string of the molecule is C=IC(F)(F)c1cc(C(=O)O)cc(N(CCCC)CCCC)c1Oc1ccccc1. The highest BCUT2D eigenvalue weighted by Crippen LogP contribution is 2.49. The normalized spacial score (nSPS) is 11.3. The first-order valence-electron chi connectivity index (χ1n) is 10.0. The Morgan fingerprint density at radius 3 is 2.23 bits per heavy atom. The quantitative estimate of drug-likeness (QED) is 0.236. The van der Waals surface area contributed by atoms with Crippen LogP contribution in [0.15, 0.2) is 42.5 Å². The number of anilines is 1. The first-order valence-corrected chi connectivity index (χ1v) is 12.6. The van der Waals surface area contributed by atoms with E-state index < -0.39 is 36.2 Å². The first kappa shape index (κ1) is 24.2. The topological polar surface area (TPSA) is 49.8 Å². The zero-order chi connectivity index (χ0) is 22.1. The Labute approximate surface area is 186 Å². The summed E-state index contributed by atoms with van der Waals surface area (Å²) in [5.41, 5.74) is -0.176. The van der Waals surface area contributed by atoms with Gasteiger partial charge in [-0.05, 0) is 57.8 Å². The highest BCUT2D eigenvalue weighted by atomic mass is 127. The van der Waals surface area contributed by atoms with E-state index in [2.05, 4.69) is 18.4 Å². The number of aromatic carboxylic acids is 1. The Morgan fingerprint density at radius 1 is 1.13 bits per heavy atom. The van der Waals surface area contributed by atoms with Crippen molar-refractivity contribution < 1.29 is 23.4 Å². The average molecular weight is 531 g/mol. The lowest BCUT2D eigenvalue weighted by atomic mass is 10.1. The minimum absolute atomic E-state index is 0.0201. The van der Waals surface area contributed by atoms with Gasteiger partial charge in [0.2, 0.25) is 0 Å². The third kappa shape index (κ3) is 6.23. The van der Waals surface area contributed by atoms with Gasteiger partial charge in [-0.2, -0.15) is 8.78 Å². The van der Waals surface area contributed by atoms with Gasteiger partial charge in [0.25, 0.3) is 0 Å². The van der Waals surface area contributed by atoms with Gasteiger partial charge in [0.05, 0.1) is 16.8 Å². The molecule has 0 spiro atoms. The maximum absolute atomic E-state index is 14.9. The molecular formula is C23H28F2INO3. The van der Waals surface area contributed by atoms with Crippen LogP contribution in [0.2, 0.25) is 0 Å². The zero-order valence-corrected chi connectivity index (χ0v) is 19.5. The Kier molecular flexibility index (Phi) is 9.20. The molecule has 2 rings (SSSR count). The van der Waals surface area contributed by atoms with Crippen LogP contribution in [-0.2, 0) is 3.93 Å². The molecule has 0 fully saturated rings. The molecular weight excluding hydrogens is 503 g/mol. The molecule has 0 unspecified atom stereocenters. The third-order valence-corrected chi connectivity index (χ3v) is 6.20. The largest absolute Gasteiger partial charge is 0.478 e. The molecule has 0 aliphatic heterocycles. The summed E-state index contributed by atoms with van der Waals surface area (Å²) in [5.74, 6) is -0.799. The van der Waals surface area contributed by atoms with Crippen LogP contribution in [0.5, 0.6) is 11.5 Å². The summed E-state index contributed by atoms with van der Waals surface area (Å²) in [5, 5.41) is 9.58. The Bertz CT molecular complexity index is 851. The average Bonchev–Trinajstić information content (AvgIpc) is 2.74. The number of carboxylic acid groups (broad SMARTS) is 1. The number of hydrogen-bond donors (Lipinski definition) is 1. The number of para-hydroxylation sites is 1. The number of benzene rings is 2. The number of nitrogens with zero attached hydrogens (tertiary/aromatic N) is 1. The van der Waals surface area contributed by atoms with Crippen molar-refractivity contribution in [1.29, 1.82) is 0 Å². The highest BCUT2D eigenvalue weighted by molar-refractivity contribution is 14.2. The van der Waals surface area contributed by atoms with Gasteiger partial charge >= 0.3 is 9.90 Å². The molecule has 7 heteroatoms. The minimum atomic E-state index is -3.22. The smallest absolute Gasteiger partial charge is 0.335 e. The molecule has 0 saturated carbocycles. The highest BCUT2D eigenvalue weighted by Gasteiger charge is 2.36. The zero-order valence-electron chi connectivity index (χ0n) is 17.3. The third-order valence-electron chi connectivity index (χ3n) is 4.66. The van der Waals surface area contributed by atoms with E-state index in [0.29, 0.717) is 24.5 Å². The van der Waals surface area contributed by atoms with Gasteiger partial charge in [-0.25, -0.2) is 4.79 Å². The van der Waals surface area contributed by atoms with E-state index in [1.54, 1.807) is 24.3 Å². The van der Waals surface area contributed by atoms with Crippen LogP contribution in [0.4, 0.5) is 14.5 Å². The first-order chi connectivity index (χ1) is 14.3. The number of ether oxygens (including phenoxy) is 1. The molecule has 30 heavy (non-hydrogen) atoms. The van der Waals surface area contributed by atoms with Gasteiger partial charge in [0.15, 0.2) is 5.75 Å². The number of halogens is 3. The molecule has 0 aliphatic carbocycles. The number of rotatable bonds is 12. The molecule has 2 aromatic rings. The summed E-state index contributed by atoms with van der Waals surface area (Å²) in [7, 11) is 0. The van der Waals surface area contributed by atoms with Crippen LogP contribution in [0.25, 0.3) is 0 Å². The van der Waals surface area contributed by atoms with Crippen molar-refractivity contribution in [3.8, 4) is 11.5 Å². The molecule has 2 aromatic carbocycles. The molecule has 4 nitrogen and oxygen atoms in total. The molecule has 0 heterocycles. The van der Waals surface area contributed by atoms with Crippen molar-refractivity contribution >= 4 is 36.9 Å². The predicted octanol–water partition coefficient (Wildman–Crippen LogP) is 7.04. The fraction of sp³-hybridized carbons (Fsp3) is 0.391. The predicted molar refractivity (Wildman–Crippen MR) is 127 cm³/mol. The van der Waals surface area contributed by atoms with Crippen molar-refractivity contribution in [2.24, 2.45) is 0 Å². The van der Waals surface area contributed by atoms with Crippen LogP contribution >= 0.6 is 20.7 Å². The van der Waals surface area contributed by atoms with Crippen LogP contribution < -0.4 is 9.64 Å². The van der Waals surface area contributed by atoms with Gasteiger partial charge < -0.3 is 14.7 Å². The number of carbonyl (C=O) groups is 1. The number of alkyl halides is 3. The van der Waals surface area contributed by atoms with E-state index in [1.807, 2.05) is 11.0 Å². The molecule has 0 aliphatic rings. The van der Waals surface area contributed by atoms with Gasteiger partial charge in [-0.15, -0.1) is 0 Å². The lowest BCUT2D eigenvalue weighted by Crippen LogP contribution is -2.27. The van der Waals surface area contributed by atoms with Crippen LogP contribution in [0.3, 0.4) is 0 Å². The maximum atomic E-state index is 14.9. The van der Waals surface area contributed by atoms with Crippen LogP contribution in [0.1, 0.15) is 55.5 Å². The summed E-state index contributed by atoms with van der Waals surface area (Å²) >= 11 is -1.77. The Morgan fingerprint density at radius 2 is 1.73 bits per heavy atom. The van der Waals surface area contributed by atoms with Gasteiger partial charge in [-0.1, -0.05) is 49.4 Å². The molecule has 0 radical (unpaired) electrons. The summed E-state index contributed by atoms with van der Waals surface area (Å²) in [6, 6.07) is 11.2. The van der Waals surface area contributed by atoms with E-state index in [0.717, 1.165) is 31.7 Å². The van der Waals surface area contributed by atoms with Gasteiger partial charge in [-0.3, -0.25) is 0 Å². The van der Waals surface area contributed by atoms with E-state index in [1.165, 1.54) is 6.07 Å². The molecule has 0 aromatic heterocycles. The molecule has 0 amide bonds. The Hall–Kier alpha value is -2.03. The van der Waals surface area contributed by atoms with E-state index in [9.17, 15) is 18.7 Å². The van der Waals surface area contributed by atoms with Crippen molar-refractivity contribution in [3.05, 3.63) is 53.6 Å². The van der Waals surface area contributed by atoms with E-state index >= 15 is 0 Å². The second-order valence-electron chi connectivity index (χ2n) is 6.92. The van der Waals surface area contributed by atoms with Crippen molar-refractivity contribution in [1.82, 2.24) is 0 Å². The lowest BCUT2D eigenvalue weighted by molar-refractivity contribution is 0.0696. The van der Waals surface area contributed by atoms with E-state index in [4.69, 9.17) is 4.74 Å². The second-order valence-corrected chi connectivity index (χ2v) is 9.04. The summed E-state index contributed by atoms with van der Waals surface area (Å²) in [4.78, 5) is 13.7. The molecule has 0 bridgehead atoms. The van der Waals surface area contributed by atoms with Crippen molar-refractivity contribution in [3.63, 3.8) is 0 Å². The molecule has 0 saturated heterocycles. The Balaban J connectivity index is 2.73. The molecule has 0 atom stereocenters. The second kappa shape index (κ2) is 11.4. The number of hydrogen-bond acceptors (Lipinski definition) is 3.